The Kier molecular flexibility index (Phi) is 7.82. The van der Waals surface area contributed by atoms with E-state index in [0.29, 0.717) is 12.1 Å². The highest BCUT2D eigenvalue weighted by Crippen LogP contribution is 2.29. The highest BCUT2D eigenvalue weighted by Gasteiger charge is 2.31. The van der Waals surface area contributed by atoms with Crippen LogP contribution in [0.5, 0.6) is 0 Å². The minimum atomic E-state index is 0.390. The van der Waals surface area contributed by atoms with Gasteiger partial charge in [0.15, 0.2) is 5.96 Å². The molecule has 3 rings (SSSR count). The molecule has 0 bridgehead atoms. The third kappa shape index (κ3) is 6.76. The van der Waals surface area contributed by atoms with E-state index in [0.717, 1.165) is 64.2 Å². The van der Waals surface area contributed by atoms with Crippen LogP contribution in [0.2, 0.25) is 0 Å². The number of ether oxygens (including phenoxy) is 2. The van der Waals surface area contributed by atoms with Crippen LogP contribution in [0.15, 0.2) is 4.99 Å². The Labute approximate surface area is 152 Å². The topological polar surface area (TPSA) is 58.1 Å². The molecule has 0 unspecified atom stereocenters. The predicted molar refractivity (Wildman–Crippen MR) is 101 cm³/mol. The van der Waals surface area contributed by atoms with Crippen LogP contribution in [0, 0.1) is 0 Å². The minimum absolute atomic E-state index is 0.390. The van der Waals surface area contributed by atoms with Gasteiger partial charge in [-0.1, -0.05) is 0 Å². The minimum Gasteiger partial charge on any atom is -0.381 e. The molecule has 25 heavy (non-hydrogen) atoms. The number of guanidine groups is 1. The molecule has 6 nitrogen and oxygen atoms in total. The maximum atomic E-state index is 5.92. The van der Waals surface area contributed by atoms with Crippen molar-refractivity contribution in [2.24, 2.45) is 4.99 Å². The number of hydrogen-bond donors (Lipinski definition) is 2. The Hall–Kier alpha value is -0.850. The fourth-order valence-corrected chi connectivity index (χ4v) is 3.71. The molecule has 0 radical (unpaired) electrons. The second kappa shape index (κ2) is 10.3. The van der Waals surface area contributed by atoms with Gasteiger partial charge < -0.3 is 25.0 Å². The van der Waals surface area contributed by atoms with Crippen molar-refractivity contribution < 1.29 is 9.47 Å². The molecule has 0 atom stereocenters. The molecule has 0 spiro atoms. The average Bonchev–Trinajstić information content (AvgIpc) is 3.48. The first-order valence-corrected chi connectivity index (χ1v) is 10.3. The lowest BCUT2D eigenvalue weighted by Crippen LogP contribution is -2.49. The van der Waals surface area contributed by atoms with E-state index in [9.17, 15) is 0 Å². The Balaban J connectivity index is 1.31. The summed E-state index contributed by atoms with van der Waals surface area (Å²) in [5.41, 5.74) is 0. The SMILES string of the molecule is CCNC(=NCCCOC1CCOCC1)NC1CCN(C2CC2)CC1. The zero-order valence-corrected chi connectivity index (χ0v) is 15.8. The maximum Gasteiger partial charge on any atom is 0.191 e. The van der Waals surface area contributed by atoms with E-state index in [1.807, 2.05) is 0 Å². The fourth-order valence-electron chi connectivity index (χ4n) is 3.71. The van der Waals surface area contributed by atoms with Gasteiger partial charge in [0.2, 0.25) is 0 Å². The largest absolute Gasteiger partial charge is 0.381 e. The maximum absolute atomic E-state index is 5.92. The van der Waals surface area contributed by atoms with Crippen LogP contribution in [0.4, 0.5) is 0 Å². The smallest absolute Gasteiger partial charge is 0.191 e. The fraction of sp³-hybridized carbons (Fsp3) is 0.947. The van der Waals surface area contributed by atoms with Gasteiger partial charge in [0.1, 0.15) is 0 Å². The molecule has 144 valence electrons. The summed E-state index contributed by atoms with van der Waals surface area (Å²) in [6, 6.07) is 1.46. The highest BCUT2D eigenvalue weighted by molar-refractivity contribution is 5.80. The zero-order valence-electron chi connectivity index (χ0n) is 15.8. The number of nitrogens with one attached hydrogen (secondary N) is 2. The first kappa shape index (κ1) is 18.9. The number of piperidine rings is 1. The van der Waals surface area contributed by atoms with Crippen molar-refractivity contribution in [1.82, 2.24) is 15.5 Å². The van der Waals surface area contributed by atoms with Gasteiger partial charge in [0, 0.05) is 58.1 Å². The first-order valence-electron chi connectivity index (χ1n) is 10.3. The summed E-state index contributed by atoms with van der Waals surface area (Å²) in [4.78, 5) is 7.40. The molecule has 2 heterocycles. The monoisotopic (exact) mass is 352 g/mol. The summed E-state index contributed by atoms with van der Waals surface area (Å²) in [6.07, 6.45) is 8.73. The average molecular weight is 353 g/mol. The molecule has 0 amide bonds. The van der Waals surface area contributed by atoms with Crippen LogP contribution < -0.4 is 10.6 Å². The predicted octanol–water partition coefficient (Wildman–Crippen LogP) is 1.75. The van der Waals surface area contributed by atoms with Crippen LogP contribution in [0.1, 0.15) is 51.9 Å². The summed E-state index contributed by atoms with van der Waals surface area (Å²) < 4.78 is 11.3. The number of nitrogens with zero attached hydrogens (tertiary/aromatic N) is 2. The second-order valence-corrected chi connectivity index (χ2v) is 7.48. The van der Waals surface area contributed by atoms with Gasteiger partial charge in [0.25, 0.3) is 0 Å². The molecule has 3 aliphatic rings. The van der Waals surface area contributed by atoms with Crippen LogP contribution in [0.3, 0.4) is 0 Å². The van der Waals surface area contributed by atoms with E-state index in [-0.39, 0.29) is 0 Å². The van der Waals surface area contributed by atoms with Crippen molar-refractivity contribution >= 4 is 5.96 Å². The molecule has 0 aromatic heterocycles. The molecular weight excluding hydrogens is 316 g/mol. The molecule has 2 saturated heterocycles. The summed E-state index contributed by atoms with van der Waals surface area (Å²) >= 11 is 0. The summed E-state index contributed by atoms with van der Waals surface area (Å²) in [5, 5.41) is 7.02. The van der Waals surface area contributed by atoms with E-state index in [1.165, 1.54) is 38.8 Å². The molecule has 1 aliphatic carbocycles. The van der Waals surface area contributed by atoms with Gasteiger partial charge in [-0.2, -0.15) is 0 Å². The Morgan fingerprint density at radius 3 is 2.56 bits per heavy atom. The van der Waals surface area contributed by atoms with Gasteiger partial charge >= 0.3 is 0 Å². The lowest BCUT2D eigenvalue weighted by Gasteiger charge is -2.33. The van der Waals surface area contributed by atoms with E-state index >= 15 is 0 Å². The summed E-state index contributed by atoms with van der Waals surface area (Å²) in [6.45, 7) is 8.81. The first-order chi connectivity index (χ1) is 12.3. The molecular formula is C19H36N4O2. The molecule has 0 aromatic rings. The van der Waals surface area contributed by atoms with Crippen LogP contribution in [-0.4, -0.2) is 75.0 Å². The highest BCUT2D eigenvalue weighted by atomic mass is 16.5. The number of hydrogen-bond acceptors (Lipinski definition) is 4. The van der Waals surface area contributed by atoms with Crippen molar-refractivity contribution in [1.29, 1.82) is 0 Å². The zero-order chi connectivity index (χ0) is 17.3. The third-order valence-corrected chi connectivity index (χ3v) is 5.37. The van der Waals surface area contributed by atoms with Crippen molar-refractivity contribution in [3.05, 3.63) is 0 Å². The Morgan fingerprint density at radius 2 is 1.88 bits per heavy atom. The summed E-state index contributed by atoms with van der Waals surface area (Å²) in [7, 11) is 0. The molecule has 0 aromatic carbocycles. The van der Waals surface area contributed by atoms with Gasteiger partial charge in [-0.25, -0.2) is 0 Å². The normalized spacial score (nSPS) is 24.4. The van der Waals surface area contributed by atoms with Gasteiger partial charge in [-0.15, -0.1) is 0 Å². The number of aliphatic imine (C=N–C) groups is 1. The number of likely N-dealkylation sites (tertiary alicyclic amines) is 1. The lowest BCUT2D eigenvalue weighted by atomic mass is 10.1. The molecule has 2 aliphatic heterocycles. The summed E-state index contributed by atoms with van der Waals surface area (Å²) in [5.74, 6) is 0.971. The Morgan fingerprint density at radius 1 is 1.12 bits per heavy atom. The van der Waals surface area contributed by atoms with E-state index in [1.54, 1.807) is 0 Å². The molecule has 6 heteroatoms. The number of rotatable bonds is 8. The quantitative estimate of drug-likeness (QED) is 0.396. The van der Waals surface area contributed by atoms with Gasteiger partial charge in [-0.3, -0.25) is 4.99 Å². The molecule has 3 fully saturated rings. The van der Waals surface area contributed by atoms with E-state index in [4.69, 9.17) is 14.5 Å². The van der Waals surface area contributed by atoms with Gasteiger partial charge in [-0.05, 0) is 51.9 Å². The molecule has 1 saturated carbocycles. The van der Waals surface area contributed by atoms with Gasteiger partial charge in [0.05, 0.1) is 6.10 Å². The lowest BCUT2D eigenvalue weighted by molar-refractivity contribution is -0.0318. The Bertz CT molecular complexity index is 400. The third-order valence-electron chi connectivity index (χ3n) is 5.37. The van der Waals surface area contributed by atoms with Crippen LogP contribution in [-0.2, 0) is 9.47 Å². The van der Waals surface area contributed by atoms with E-state index < -0.39 is 0 Å². The van der Waals surface area contributed by atoms with Crippen LogP contribution >= 0.6 is 0 Å². The van der Waals surface area contributed by atoms with Crippen molar-refractivity contribution in [2.45, 2.75) is 70.1 Å². The second-order valence-electron chi connectivity index (χ2n) is 7.48. The van der Waals surface area contributed by atoms with Crippen molar-refractivity contribution in [3.8, 4) is 0 Å². The van der Waals surface area contributed by atoms with Crippen LogP contribution in [0.25, 0.3) is 0 Å². The standard InChI is InChI=1S/C19H36N4O2/c1-2-20-19(21-10-3-13-25-18-8-14-24-15-9-18)22-16-6-11-23(12-7-16)17-4-5-17/h16-18H,2-15H2,1H3,(H2,20,21,22). The molecule has 2 N–H and O–H groups in total. The van der Waals surface area contributed by atoms with Crippen molar-refractivity contribution in [2.75, 3.05) is 46.0 Å². The van der Waals surface area contributed by atoms with Crippen molar-refractivity contribution in [3.63, 3.8) is 0 Å². The van der Waals surface area contributed by atoms with E-state index in [2.05, 4.69) is 22.5 Å².